The minimum Gasteiger partial charge on any atom is -0.484 e. The highest BCUT2D eigenvalue weighted by atomic mass is 16.7. The number of amides is 1. The zero-order valence-electron chi connectivity index (χ0n) is 13.9. The first kappa shape index (κ1) is 16.2. The molecule has 0 saturated heterocycles. The Hall–Kier alpha value is -2.69. The Morgan fingerprint density at radius 2 is 2.00 bits per heavy atom. The molecule has 0 unspecified atom stereocenters. The summed E-state index contributed by atoms with van der Waals surface area (Å²) in [7, 11) is 0. The fourth-order valence-electron chi connectivity index (χ4n) is 2.56. The summed E-state index contributed by atoms with van der Waals surface area (Å²) in [6.07, 6.45) is 1.01. The minimum atomic E-state index is -0.191. The maximum atomic E-state index is 12.2. The maximum absolute atomic E-state index is 12.2. The van der Waals surface area contributed by atoms with Gasteiger partial charge in [-0.3, -0.25) is 4.79 Å². The number of nitrogens with one attached hydrogen (secondary N) is 1. The van der Waals surface area contributed by atoms with Crippen LogP contribution >= 0.6 is 0 Å². The molecule has 0 bridgehead atoms. The predicted octanol–water partition coefficient (Wildman–Crippen LogP) is 3.95. The van der Waals surface area contributed by atoms with E-state index >= 15 is 0 Å². The smallest absolute Gasteiger partial charge is 0.262 e. The Balaban J connectivity index is 1.60. The first-order valence-corrected chi connectivity index (χ1v) is 8.08. The number of hydrogen-bond donors (Lipinski definition) is 1. The van der Waals surface area contributed by atoms with Gasteiger partial charge in [-0.05, 0) is 36.1 Å². The van der Waals surface area contributed by atoms with Crippen molar-refractivity contribution in [1.82, 2.24) is 0 Å². The summed E-state index contributed by atoms with van der Waals surface area (Å²) in [6, 6.07) is 13.1. The van der Waals surface area contributed by atoms with Crippen LogP contribution in [0.25, 0.3) is 0 Å². The van der Waals surface area contributed by atoms with Crippen molar-refractivity contribution >= 4 is 11.6 Å². The van der Waals surface area contributed by atoms with Crippen molar-refractivity contribution in [2.75, 3.05) is 18.7 Å². The molecule has 1 aliphatic rings. The van der Waals surface area contributed by atoms with Gasteiger partial charge in [-0.15, -0.1) is 0 Å². The standard InChI is InChI=1S/C19H21NO4/c1-3-13(2)15-6-4-5-7-16(15)20-19(21)11-22-14-8-9-17-18(10-14)24-12-23-17/h4-10,13H,3,11-12H2,1-2H3,(H,20,21)/t13-/m0/s1. The van der Waals surface area contributed by atoms with E-state index in [1.807, 2.05) is 24.3 Å². The van der Waals surface area contributed by atoms with Crippen molar-refractivity contribution in [2.45, 2.75) is 26.2 Å². The Labute approximate surface area is 141 Å². The number of hydrogen-bond acceptors (Lipinski definition) is 4. The van der Waals surface area contributed by atoms with Crippen molar-refractivity contribution in [3.05, 3.63) is 48.0 Å². The van der Waals surface area contributed by atoms with Crippen molar-refractivity contribution in [3.8, 4) is 17.2 Å². The topological polar surface area (TPSA) is 56.8 Å². The van der Waals surface area contributed by atoms with Gasteiger partial charge >= 0.3 is 0 Å². The second-order valence-corrected chi connectivity index (χ2v) is 5.75. The van der Waals surface area contributed by atoms with Crippen LogP contribution in [0.3, 0.4) is 0 Å². The first-order chi connectivity index (χ1) is 11.7. The van der Waals surface area contributed by atoms with Crippen molar-refractivity contribution in [3.63, 3.8) is 0 Å². The zero-order chi connectivity index (χ0) is 16.9. The Kier molecular flexibility index (Phi) is 4.89. The SMILES string of the molecule is CC[C@H](C)c1ccccc1NC(=O)COc1ccc2c(c1)OCO2. The molecule has 1 heterocycles. The quantitative estimate of drug-likeness (QED) is 0.873. The molecule has 0 spiro atoms. The molecule has 1 atom stereocenters. The number of para-hydroxylation sites is 1. The van der Waals surface area contributed by atoms with E-state index in [4.69, 9.17) is 14.2 Å². The molecule has 1 amide bonds. The molecule has 24 heavy (non-hydrogen) atoms. The molecular weight excluding hydrogens is 306 g/mol. The molecule has 2 aromatic carbocycles. The van der Waals surface area contributed by atoms with E-state index in [2.05, 4.69) is 19.2 Å². The summed E-state index contributed by atoms with van der Waals surface area (Å²) in [5.41, 5.74) is 1.97. The second-order valence-electron chi connectivity index (χ2n) is 5.75. The van der Waals surface area contributed by atoms with Gasteiger partial charge in [0.25, 0.3) is 5.91 Å². The zero-order valence-corrected chi connectivity index (χ0v) is 13.9. The molecule has 1 N–H and O–H groups in total. The van der Waals surface area contributed by atoms with Gasteiger partial charge in [0.2, 0.25) is 6.79 Å². The highest BCUT2D eigenvalue weighted by molar-refractivity contribution is 5.92. The van der Waals surface area contributed by atoms with Crippen LogP contribution in [0.1, 0.15) is 31.7 Å². The van der Waals surface area contributed by atoms with E-state index < -0.39 is 0 Å². The molecule has 1 aliphatic heterocycles. The molecule has 0 aromatic heterocycles. The van der Waals surface area contributed by atoms with E-state index in [-0.39, 0.29) is 19.3 Å². The third-order valence-corrected chi connectivity index (χ3v) is 4.09. The van der Waals surface area contributed by atoms with E-state index in [0.717, 1.165) is 17.7 Å². The predicted molar refractivity (Wildman–Crippen MR) is 91.8 cm³/mol. The molecule has 5 heteroatoms. The van der Waals surface area contributed by atoms with Gasteiger partial charge in [-0.1, -0.05) is 32.0 Å². The maximum Gasteiger partial charge on any atom is 0.262 e. The van der Waals surface area contributed by atoms with E-state index in [1.54, 1.807) is 18.2 Å². The lowest BCUT2D eigenvalue weighted by atomic mass is 9.97. The molecule has 5 nitrogen and oxygen atoms in total. The number of anilines is 1. The Morgan fingerprint density at radius 1 is 1.21 bits per heavy atom. The number of carbonyl (C=O) groups is 1. The molecule has 2 aromatic rings. The Bertz CT molecular complexity index is 729. The largest absolute Gasteiger partial charge is 0.484 e. The molecule has 0 saturated carbocycles. The summed E-state index contributed by atoms with van der Waals surface area (Å²) in [6.45, 7) is 4.43. The Morgan fingerprint density at radius 3 is 2.83 bits per heavy atom. The molecule has 3 rings (SSSR count). The van der Waals surface area contributed by atoms with Gasteiger partial charge in [-0.25, -0.2) is 0 Å². The number of carbonyl (C=O) groups excluding carboxylic acids is 1. The third-order valence-electron chi connectivity index (χ3n) is 4.09. The highest BCUT2D eigenvalue weighted by Crippen LogP contribution is 2.35. The van der Waals surface area contributed by atoms with Crippen molar-refractivity contribution in [1.29, 1.82) is 0 Å². The van der Waals surface area contributed by atoms with Crippen LogP contribution in [0.5, 0.6) is 17.2 Å². The minimum absolute atomic E-state index is 0.0610. The first-order valence-electron chi connectivity index (χ1n) is 8.08. The summed E-state index contributed by atoms with van der Waals surface area (Å²) in [4.78, 5) is 12.2. The summed E-state index contributed by atoms with van der Waals surface area (Å²) in [5, 5.41) is 2.93. The molecule has 126 valence electrons. The number of benzene rings is 2. The number of rotatable bonds is 6. The van der Waals surface area contributed by atoms with Gasteiger partial charge in [0, 0.05) is 11.8 Å². The lowest BCUT2D eigenvalue weighted by Crippen LogP contribution is -2.21. The lowest BCUT2D eigenvalue weighted by molar-refractivity contribution is -0.118. The average Bonchev–Trinajstić information content (AvgIpc) is 3.07. The van der Waals surface area contributed by atoms with Gasteiger partial charge in [0.1, 0.15) is 5.75 Å². The fraction of sp³-hybridized carbons (Fsp3) is 0.316. The average molecular weight is 327 g/mol. The van der Waals surface area contributed by atoms with Crippen molar-refractivity contribution < 1.29 is 19.0 Å². The van der Waals surface area contributed by atoms with Crippen molar-refractivity contribution in [2.24, 2.45) is 0 Å². The summed E-state index contributed by atoms with van der Waals surface area (Å²) >= 11 is 0. The van der Waals surface area contributed by atoms with Gasteiger partial charge in [0.15, 0.2) is 18.1 Å². The van der Waals surface area contributed by atoms with E-state index in [9.17, 15) is 4.79 Å². The van der Waals surface area contributed by atoms with Gasteiger partial charge in [-0.2, -0.15) is 0 Å². The van der Waals surface area contributed by atoms with Gasteiger partial charge < -0.3 is 19.5 Å². The molecule has 0 radical (unpaired) electrons. The summed E-state index contributed by atoms with van der Waals surface area (Å²) in [5.74, 6) is 2.09. The van der Waals surface area contributed by atoms with Crippen LogP contribution in [0.2, 0.25) is 0 Å². The second kappa shape index (κ2) is 7.25. The highest BCUT2D eigenvalue weighted by Gasteiger charge is 2.15. The van der Waals surface area contributed by atoms with E-state index in [0.29, 0.717) is 23.2 Å². The number of fused-ring (bicyclic) bond motifs is 1. The molecule has 0 fully saturated rings. The van der Waals surface area contributed by atoms with Crippen LogP contribution in [-0.2, 0) is 4.79 Å². The van der Waals surface area contributed by atoms with Crippen LogP contribution in [-0.4, -0.2) is 19.3 Å². The van der Waals surface area contributed by atoms with Crippen LogP contribution in [0, 0.1) is 0 Å². The lowest BCUT2D eigenvalue weighted by Gasteiger charge is -2.15. The van der Waals surface area contributed by atoms with Crippen LogP contribution in [0.4, 0.5) is 5.69 Å². The normalized spacial score (nSPS) is 13.4. The summed E-state index contributed by atoms with van der Waals surface area (Å²) < 4.78 is 16.1. The third kappa shape index (κ3) is 3.62. The van der Waals surface area contributed by atoms with Crippen LogP contribution in [0.15, 0.2) is 42.5 Å². The van der Waals surface area contributed by atoms with Crippen LogP contribution < -0.4 is 19.5 Å². The number of ether oxygens (including phenoxy) is 3. The van der Waals surface area contributed by atoms with Gasteiger partial charge in [0.05, 0.1) is 0 Å². The molecular formula is C19H21NO4. The fourth-order valence-corrected chi connectivity index (χ4v) is 2.56. The monoisotopic (exact) mass is 327 g/mol. The molecule has 0 aliphatic carbocycles. The van der Waals surface area contributed by atoms with E-state index in [1.165, 1.54) is 0 Å².